The van der Waals surface area contributed by atoms with Crippen molar-refractivity contribution in [2.75, 3.05) is 18.5 Å². The van der Waals surface area contributed by atoms with Crippen molar-refractivity contribution in [2.24, 2.45) is 5.73 Å². The second-order valence-electron chi connectivity index (χ2n) is 5.59. The highest BCUT2D eigenvalue weighted by molar-refractivity contribution is 7.13. The zero-order valence-electron chi connectivity index (χ0n) is 12.5. The average molecular weight is 317 g/mol. The zero-order chi connectivity index (χ0) is 15.6. The lowest BCUT2D eigenvalue weighted by molar-refractivity contribution is -0.124. The third-order valence-corrected chi connectivity index (χ3v) is 4.86. The summed E-state index contributed by atoms with van der Waals surface area (Å²) in [5, 5.41) is 5.90. The van der Waals surface area contributed by atoms with Crippen molar-refractivity contribution in [1.29, 1.82) is 0 Å². The molecule has 6 heteroatoms. The van der Waals surface area contributed by atoms with E-state index in [4.69, 9.17) is 10.5 Å². The van der Waals surface area contributed by atoms with E-state index >= 15 is 0 Å². The molecule has 3 N–H and O–H groups in total. The maximum absolute atomic E-state index is 12.3. The van der Waals surface area contributed by atoms with Gasteiger partial charge in [0.25, 0.3) is 0 Å². The summed E-state index contributed by atoms with van der Waals surface area (Å²) >= 11 is 1.61. The van der Waals surface area contributed by atoms with Gasteiger partial charge in [-0.05, 0) is 44.0 Å². The summed E-state index contributed by atoms with van der Waals surface area (Å²) in [5.74, 6) is -0.145. The summed E-state index contributed by atoms with van der Waals surface area (Å²) in [7, 11) is 0. The highest BCUT2D eigenvalue weighted by atomic mass is 32.1. The number of hydrogen-bond acceptors (Lipinski definition) is 5. The van der Waals surface area contributed by atoms with E-state index in [1.165, 1.54) is 0 Å². The Hall–Kier alpha value is -1.76. The number of nitrogens with one attached hydrogen (secondary N) is 1. The van der Waals surface area contributed by atoms with Crippen LogP contribution in [0.3, 0.4) is 0 Å². The van der Waals surface area contributed by atoms with Crippen LogP contribution in [-0.4, -0.2) is 29.6 Å². The van der Waals surface area contributed by atoms with Crippen LogP contribution in [0.15, 0.2) is 29.6 Å². The van der Waals surface area contributed by atoms with Gasteiger partial charge >= 0.3 is 0 Å². The second kappa shape index (κ2) is 6.16. The Balaban J connectivity index is 1.69. The van der Waals surface area contributed by atoms with E-state index in [1.807, 2.05) is 36.6 Å². The Labute approximate surface area is 133 Å². The van der Waals surface area contributed by atoms with Gasteiger partial charge in [-0.15, -0.1) is 11.3 Å². The number of benzene rings is 1. The molecule has 0 aliphatic carbocycles. The topological polar surface area (TPSA) is 77.2 Å². The van der Waals surface area contributed by atoms with Crippen molar-refractivity contribution >= 4 is 22.9 Å². The van der Waals surface area contributed by atoms with Crippen LogP contribution in [0.1, 0.15) is 18.5 Å². The monoisotopic (exact) mass is 317 g/mol. The second-order valence-corrected chi connectivity index (χ2v) is 6.45. The lowest BCUT2D eigenvalue weighted by atomic mass is 9.90. The molecule has 0 unspecified atom stereocenters. The van der Waals surface area contributed by atoms with Crippen molar-refractivity contribution in [3.8, 4) is 10.6 Å². The minimum absolute atomic E-state index is 0.145. The highest BCUT2D eigenvalue weighted by Gasteiger charge is 2.35. The first-order chi connectivity index (χ1) is 10.6. The van der Waals surface area contributed by atoms with Crippen molar-refractivity contribution < 1.29 is 9.53 Å². The number of nitrogens with zero attached hydrogens (tertiary/aromatic N) is 1. The Kier molecular flexibility index (Phi) is 4.24. The van der Waals surface area contributed by atoms with Crippen LogP contribution in [-0.2, 0) is 9.53 Å². The third-order valence-electron chi connectivity index (χ3n) is 3.85. The smallest absolute Gasteiger partial charge is 0.244 e. The number of anilines is 1. The Morgan fingerprint density at radius 2 is 2.00 bits per heavy atom. The maximum atomic E-state index is 12.3. The minimum Gasteiger partial charge on any atom is -0.381 e. The van der Waals surface area contributed by atoms with E-state index in [1.54, 1.807) is 11.3 Å². The van der Waals surface area contributed by atoms with E-state index in [-0.39, 0.29) is 5.91 Å². The predicted molar refractivity (Wildman–Crippen MR) is 87.9 cm³/mol. The lowest BCUT2D eigenvalue weighted by Gasteiger charge is -2.31. The Morgan fingerprint density at radius 3 is 2.59 bits per heavy atom. The first kappa shape index (κ1) is 15.1. The van der Waals surface area contributed by atoms with Gasteiger partial charge in [-0.3, -0.25) is 4.79 Å². The van der Waals surface area contributed by atoms with E-state index in [9.17, 15) is 4.79 Å². The molecule has 22 heavy (non-hydrogen) atoms. The SMILES string of the molecule is Cc1csc(-c2ccc(NC(=O)C3(N)CCOCC3)cc2)n1. The maximum Gasteiger partial charge on any atom is 0.244 e. The molecule has 1 aromatic heterocycles. The number of amides is 1. The largest absolute Gasteiger partial charge is 0.381 e. The molecule has 2 heterocycles. The van der Waals surface area contributed by atoms with Gasteiger partial charge in [0, 0.05) is 35.5 Å². The fourth-order valence-electron chi connectivity index (χ4n) is 2.40. The standard InChI is InChI=1S/C16H19N3O2S/c1-11-10-22-14(18-11)12-2-4-13(5-3-12)19-15(20)16(17)6-8-21-9-7-16/h2-5,10H,6-9,17H2,1H3,(H,19,20). The first-order valence-corrected chi connectivity index (χ1v) is 8.15. The van der Waals surface area contributed by atoms with Crippen molar-refractivity contribution in [3.05, 3.63) is 35.3 Å². The fourth-order valence-corrected chi connectivity index (χ4v) is 3.20. The number of carbonyl (C=O) groups is 1. The summed E-state index contributed by atoms with van der Waals surface area (Å²) in [4.78, 5) is 16.8. The summed E-state index contributed by atoms with van der Waals surface area (Å²) in [5.41, 5.74) is 8.15. The number of carbonyl (C=O) groups excluding carboxylic acids is 1. The molecular formula is C16H19N3O2S. The third kappa shape index (κ3) is 3.19. The van der Waals surface area contributed by atoms with Gasteiger partial charge in [0.1, 0.15) is 10.5 Å². The molecule has 3 rings (SSSR count). The quantitative estimate of drug-likeness (QED) is 0.912. The molecule has 0 saturated carbocycles. The van der Waals surface area contributed by atoms with Gasteiger partial charge in [0.15, 0.2) is 0 Å². The molecule has 2 aromatic rings. The van der Waals surface area contributed by atoms with Gasteiger partial charge in [-0.25, -0.2) is 4.98 Å². The van der Waals surface area contributed by atoms with Gasteiger partial charge in [-0.1, -0.05) is 0 Å². The molecule has 0 atom stereocenters. The van der Waals surface area contributed by atoms with Crippen LogP contribution in [0.5, 0.6) is 0 Å². The lowest BCUT2D eigenvalue weighted by Crippen LogP contribution is -2.54. The molecule has 0 radical (unpaired) electrons. The molecule has 0 bridgehead atoms. The van der Waals surface area contributed by atoms with Gasteiger partial charge in [0.05, 0.1) is 0 Å². The van der Waals surface area contributed by atoms with Gasteiger partial charge < -0.3 is 15.8 Å². The molecule has 1 fully saturated rings. The molecule has 1 amide bonds. The van der Waals surface area contributed by atoms with Crippen LogP contribution >= 0.6 is 11.3 Å². The number of aromatic nitrogens is 1. The number of nitrogens with two attached hydrogens (primary N) is 1. The van der Waals surface area contributed by atoms with E-state index in [0.29, 0.717) is 26.1 Å². The zero-order valence-corrected chi connectivity index (χ0v) is 13.3. The average Bonchev–Trinajstić information content (AvgIpc) is 2.95. The number of aryl methyl sites for hydroxylation is 1. The number of ether oxygens (including phenoxy) is 1. The highest BCUT2D eigenvalue weighted by Crippen LogP contribution is 2.25. The van der Waals surface area contributed by atoms with Crippen LogP contribution in [0, 0.1) is 6.92 Å². The van der Waals surface area contributed by atoms with Crippen molar-refractivity contribution in [1.82, 2.24) is 4.98 Å². The van der Waals surface area contributed by atoms with E-state index in [2.05, 4.69) is 10.3 Å². The molecular weight excluding hydrogens is 298 g/mol. The van der Waals surface area contributed by atoms with Crippen LogP contribution < -0.4 is 11.1 Å². The molecule has 1 aliphatic rings. The van der Waals surface area contributed by atoms with E-state index in [0.717, 1.165) is 22.0 Å². The molecule has 5 nitrogen and oxygen atoms in total. The van der Waals surface area contributed by atoms with Crippen molar-refractivity contribution in [2.45, 2.75) is 25.3 Å². The molecule has 0 spiro atoms. The summed E-state index contributed by atoms with van der Waals surface area (Å²) in [6.45, 7) is 3.04. The van der Waals surface area contributed by atoms with Crippen molar-refractivity contribution in [3.63, 3.8) is 0 Å². The van der Waals surface area contributed by atoms with Crippen LogP contribution in [0.2, 0.25) is 0 Å². The van der Waals surface area contributed by atoms with Gasteiger partial charge in [0.2, 0.25) is 5.91 Å². The molecule has 1 aromatic carbocycles. The summed E-state index contributed by atoms with van der Waals surface area (Å²) in [6, 6.07) is 7.68. The summed E-state index contributed by atoms with van der Waals surface area (Å²) in [6.07, 6.45) is 1.10. The Bertz CT molecular complexity index is 660. The van der Waals surface area contributed by atoms with Gasteiger partial charge in [-0.2, -0.15) is 0 Å². The predicted octanol–water partition coefficient (Wildman–Crippen LogP) is 2.56. The molecule has 1 aliphatic heterocycles. The first-order valence-electron chi connectivity index (χ1n) is 7.27. The normalized spacial score (nSPS) is 17.2. The van der Waals surface area contributed by atoms with Crippen LogP contribution in [0.25, 0.3) is 10.6 Å². The molecule has 1 saturated heterocycles. The number of hydrogen-bond donors (Lipinski definition) is 2. The number of thiazole rings is 1. The molecule has 116 valence electrons. The van der Waals surface area contributed by atoms with Crippen LogP contribution in [0.4, 0.5) is 5.69 Å². The summed E-state index contributed by atoms with van der Waals surface area (Å²) < 4.78 is 5.27. The fraction of sp³-hybridized carbons (Fsp3) is 0.375. The Morgan fingerprint density at radius 1 is 1.32 bits per heavy atom. The number of rotatable bonds is 3. The van der Waals surface area contributed by atoms with E-state index < -0.39 is 5.54 Å². The minimum atomic E-state index is -0.830.